The normalized spacial score (nSPS) is 11.3. The van der Waals surface area contributed by atoms with Crippen LogP contribution in [-0.4, -0.2) is 32.1 Å². The second kappa shape index (κ2) is 10.1. The summed E-state index contributed by atoms with van der Waals surface area (Å²) in [5.41, 5.74) is 0.892. The molecule has 0 aliphatic heterocycles. The summed E-state index contributed by atoms with van der Waals surface area (Å²) in [5, 5.41) is 5.62. The molecule has 0 aromatic heterocycles. The van der Waals surface area contributed by atoms with E-state index in [2.05, 4.69) is 10.6 Å². The molecule has 0 aliphatic rings. The number of amides is 2. The molecule has 2 rings (SSSR count). The van der Waals surface area contributed by atoms with E-state index in [-0.39, 0.29) is 24.3 Å². The van der Waals surface area contributed by atoms with Crippen molar-refractivity contribution >= 4 is 11.8 Å². The number of benzene rings is 2. The van der Waals surface area contributed by atoms with Gasteiger partial charge in [0.05, 0.1) is 26.1 Å². The maximum Gasteiger partial charge on any atom is 0.222 e. The van der Waals surface area contributed by atoms with Crippen molar-refractivity contribution in [1.29, 1.82) is 0 Å². The van der Waals surface area contributed by atoms with Crippen molar-refractivity contribution in [3.63, 3.8) is 0 Å². The molecule has 26 heavy (non-hydrogen) atoms. The average molecular weight is 356 g/mol. The predicted molar refractivity (Wildman–Crippen MR) is 99.1 cm³/mol. The Morgan fingerprint density at radius 1 is 1.00 bits per heavy atom. The molecule has 0 heterocycles. The molecule has 6 heteroatoms. The van der Waals surface area contributed by atoms with Gasteiger partial charge in [-0.2, -0.15) is 0 Å². The van der Waals surface area contributed by atoms with E-state index in [9.17, 15) is 9.59 Å². The first-order chi connectivity index (χ1) is 12.6. The molecule has 0 fully saturated rings. The standard InChI is InChI=1S/C20H24N2O4/c1-15(23)22-17(16-8-4-3-5-9-16)14-20(24)21-12-13-26-19-11-7-6-10-18(19)25-2/h3-11,17H,12-14H2,1-2H3,(H,21,24)(H,22,23)/t17-/m1/s1. The Kier molecular flexibility index (Phi) is 7.49. The van der Waals surface area contributed by atoms with Crippen LogP contribution in [0.4, 0.5) is 0 Å². The molecule has 2 aromatic rings. The van der Waals surface area contributed by atoms with E-state index in [1.807, 2.05) is 54.6 Å². The van der Waals surface area contributed by atoms with E-state index in [0.717, 1.165) is 5.56 Å². The SMILES string of the molecule is COc1ccccc1OCCNC(=O)C[C@@H](NC(C)=O)c1ccccc1. The number of methoxy groups -OCH3 is 1. The highest BCUT2D eigenvalue weighted by atomic mass is 16.5. The molecular weight excluding hydrogens is 332 g/mol. The molecule has 0 radical (unpaired) electrons. The monoisotopic (exact) mass is 356 g/mol. The number of hydrogen-bond donors (Lipinski definition) is 2. The van der Waals surface area contributed by atoms with E-state index >= 15 is 0 Å². The van der Waals surface area contributed by atoms with Gasteiger partial charge < -0.3 is 20.1 Å². The summed E-state index contributed by atoms with van der Waals surface area (Å²) in [7, 11) is 1.58. The Morgan fingerprint density at radius 3 is 2.31 bits per heavy atom. The summed E-state index contributed by atoms with van der Waals surface area (Å²) in [6, 6.07) is 16.4. The average Bonchev–Trinajstić information content (AvgIpc) is 2.65. The lowest BCUT2D eigenvalue weighted by molar-refractivity contribution is -0.122. The number of ether oxygens (including phenoxy) is 2. The van der Waals surface area contributed by atoms with Crippen LogP contribution in [0.3, 0.4) is 0 Å². The molecule has 1 atom stereocenters. The van der Waals surface area contributed by atoms with Gasteiger partial charge in [0.2, 0.25) is 11.8 Å². The third-order valence-electron chi connectivity index (χ3n) is 3.72. The zero-order chi connectivity index (χ0) is 18.8. The summed E-state index contributed by atoms with van der Waals surface area (Å²) in [6.07, 6.45) is 0.165. The molecule has 2 amide bonds. The molecular formula is C20H24N2O4. The molecule has 0 unspecified atom stereocenters. The topological polar surface area (TPSA) is 76.7 Å². The van der Waals surface area contributed by atoms with Crippen molar-refractivity contribution < 1.29 is 19.1 Å². The highest BCUT2D eigenvalue weighted by molar-refractivity contribution is 5.79. The summed E-state index contributed by atoms with van der Waals surface area (Å²) in [5.74, 6) is 0.945. The first-order valence-corrected chi connectivity index (χ1v) is 8.44. The van der Waals surface area contributed by atoms with E-state index in [1.54, 1.807) is 7.11 Å². The molecule has 138 valence electrons. The van der Waals surface area contributed by atoms with Gasteiger partial charge in [0.25, 0.3) is 0 Å². The fourth-order valence-corrected chi connectivity index (χ4v) is 2.53. The van der Waals surface area contributed by atoms with Crippen molar-refractivity contribution in [2.75, 3.05) is 20.3 Å². The van der Waals surface area contributed by atoms with Gasteiger partial charge >= 0.3 is 0 Å². The van der Waals surface area contributed by atoms with Crippen LogP contribution in [0.2, 0.25) is 0 Å². The van der Waals surface area contributed by atoms with Crippen LogP contribution in [0.25, 0.3) is 0 Å². The fourth-order valence-electron chi connectivity index (χ4n) is 2.53. The largest absolute Gasteiger partial charge is 0.493 e. The molecule has 0 spiro atoms. The van der Waals surface area contributed by atoms with Gasteiger partial charge in [-0.1, -0.05) is 42.5 Å². The predicted octanol–water partition coefficient (Wildman–Crippen LogP) is 2.46. The molecule has 2 aromatic carbocycles. The molecule has 6 nitrogen and oxygen atoms in total. The van der Waals surface area contributed by atoms with Gasteiger partial charge in [0.1, 0.15) is 6.61 Å². The minimum absolute atomic E-state index is 0.156. The summed E-state index contributed by atoms with van der Waals surface area (Å²) in [6.45, 7) is 2.12. The molecule has 0 saturated heterocycles. The van der Waals surface area contributed by atoms with Crippen LogP contribution in [0, 0.1) is 0 Å². The van der Waals surface area contributed by atoms with Crippen LogP contribution in [0.5, 0.6) is 11.5 Å². The second-order valence-electron chi connectivity index (χ2n) is 5.72. The Balaban J connectivity index is 1.81. The van der Waals surface area contributed by atoms with Gasteiger partial charge in [-0.25, -0.2) is 0 Å². The lowest BCUT2D eigenvalue weighted by Gasteiger charge is -2.18. The van der Waals surface area contributed by atoms with Crippen molar-refractivity contribution in [2.45, 2.75) is 19.4 Å². The van der Waals surface area contributed by atoms with E-state index in [4.69, 9.17) is 9.47 Å². The Morgan fingerprint density at radius 2 is 1.65 bits per heavy atom. The summed E-state index contributed by atoms with van der Waals surface area (Å²) in [4.78, 5) is 23.6. The van der Waals surface area contributed by atoms with Crippen LogP contribution in [-0.2, 0) is 9.59 Å². The van der Waals surface area contributed by atoms with Gasteiger partial charge in [-0.15, -0.1) is 0 Å². The minimum Gasteiger partial charge on any atom is -0.493 e. The third kappa shape index (κ3) is 6.12. The van der Waals surface area contributed by atoms with Crippen molar-refractivity contribution in [3.8, 4) is 11.5 Å². The first-order valence-electron chi connectivity index (χ1n) is 8.44. The van der Waals surface area contributed by atoms with Crippen molar-refractivity contribution in [3.05, 3.63) is 60.2 Å². The van der Waals surface area contributed by atoms with Crippen LogP contribution in [0.1, 0.15) is 24.9 Å². The molecule has 2 N–H and O–H groups in total. The quantitative estimate of drug-likeness (QED) is 0.677. The minimum atomic E-state index is -0.358. The van der Waals surface area contributed by atoms with E-state index in [0.29, 0.717) is 24.7 Å². The van der Waals surface area contributed by atoms with Gasteiger partial charge in [0, 0.05) is 6.92 Å². The number of rotatable bonds is 9. The Labute approximate surface area is 153 Å². The molecule has 0 bridgehead atoms. The summed E-state index contributed by atoms with van der Waals surface area (Å²) < 4.78 is 10.8. The lowest BCUT2D eigenvalue weighted by Crippen LogP contribution is -2.34. The highest BCUT2D eigenvalue weighted by Gasteiger charge is 2.16. The van der Waals surface area contributed by atoms with Crippen LogP contribution >= 0.6 is 0 Å². The fraction of sp³-hybridized carbons (Fsp3) is 0.300. The first kappa shape index (κ1) is 19.3. The number of para-hydroxylation sites is 2. The zero-order valence-electron chi connectivity index (χ0n) is 15.0. The Hall–Kier alpha value is -3.02. The number of nitrogens with one attached hydrogen (secondary N) is 2. The highest BCUT2D eigenvalue weighted by Crippen LogP contribution is 2.25. The van der Waals surface area contributed by atoms with Gasteiger partial charge in [0.15, 0.2) is 11.5 Å². The third-order valence-corrected chi connectivity index (χ3v) is 3.72. The molecule has 0 saturated carbocycles. The number of carbonyl (C=O) groups excluding carboxylic acids is 2. The second-order valence-corrected chi connectivity index (χ2v) is 5.72. The lowest BCUT2D eigenvalue weighted by atomic mass is 10.0. The molecule has 0 aliphatic carbocycles. The maximum atomic E-state index is 12.2. The number of hydrogen-bond acceptors (Lipinski definition) is 4. The van der Waals surface area contributed by atoms with E-state index in [1.165, 1.54) is 6.92 Å². The summed E-state index contributed by atoms with van der Waals surface area (Å²) >= 11 is 0. The van der Waals surface area contributed by atoms with Crippen LogP contribution in [0.15, 0.2) is 54.6 Å². The zero-order valence-corrected chi connectivity index (χ0v) is 15.0. The van der Waals surface area contributed by atoms with Gasteiger partial charge in [-0.3, -0.25) is 9.59 Å². The van der Waals surface area contributed by atoms with Crippen molar-refractivity contribution in [1.82, 2.24) is 10.6 Å². The maximum absolute atomic E-state index is 12.2. The smallest absolute Gasteiger partial charge is 0.222 e. The number of carbonyl (C=O) groups is 2. The van der Waals surface area contributed by atoms with Gasteiger partial charge in [-0.05, 0) is 17.7 Å². The Bertz CT molecular complexity index is 719. The van der Waals surface area contributed by atoms with Crippen LogP contribution < -0.4 is 20.1 Å². The van der Waals surface area contributed by atoms with Crippen molar-refractivity contribution in [2.24, 2.45) is 0 Å². The van der Waals surface area contributed by atoms with E-state index < -0.39 is 0 Å².